The molecule has 0 N–H and O–H groups in total. The van der Waals surface area contributed by atoms with Gasteiger partial charge in [0.15, 0.2) is 0 Å². The summed E-state index contributed by atoms with van der Waals surface area (Å²) >= 11 is 6.16. The largest absolute Gasteiger partial charge is 0.385 e. The summed E-state index contributed by atoms with van der Waals surface area (Å²) in [5.41, 5.74) is 3.36. The molecule has 0 saturated heterocycles. The lowest BCUT2D eigenvalue weighted by molar-refractivity contribution is 0.178. The first kappa shape index (κ1) is 13.5. The van der Waals surface area contributed by atoms with E-state index in [1.54, 1.807) is 7.11 Å². The number of aryl methyl sites for hydroxylation is 1. The van der Waals surface area contributed by atoms with Crippen LogP contribution in [0.15, 0.2) is 0 Å². The van der Waals surface area contributed by atoms with Gasteiger partial charge < -0.3 is 4.74 Å². The van der Waals surface area contributed by atoms with Gasteiger partial charge in [0.1, 0.15) is 0 Å². The topological polar surface area (TPSA) is 27.1 Å². The lowest BCUT2D eigenvalue weighted by Gasteiger charge is -2.14. The maximum Gasteiger partial charge on any atom is 0.0643 e. The van der Waals surface area contributed by atoms with Gasteiger partial charge in [-0.25, -0.2) is 0 Å². The van der Waals surface area contributed by atoms with Crippen molar-refractivity contribution in [1.29, 1.82) is 0 Å². The lowest BCUT2D eigenvalue weighted by atomic mass is 10.1. The molecule has 0 saturated carbocycles. The van der Waals surface area contributed by atoms with E-state index in [0.29, 0.717) is 6.04 Å². The SMILES string of the molecule is COCCC(C)n1nc(C)c(C(C)Cl)c1C. The fourth-order valence-electron chi connectivity index (χ4n) is 2.09. The predicted molar refractivity (Wildman–Crippen MR) is 67.2 cm³/mol. The number of ether oxygens (including phenoxy) is 1. The minimum absolute atomic E-state index is 0.0170. The van der Waals surface area contributed by atoms with Crippen LogP contribution in [-0.2, 0) is 4.74 Å². The summed E-state index contributed by atoms with van der Waals surface area (Å²) in [7, 11) is 1.72. The van der Waals surface area contributed by atoms with Crippen molar-refractivity contribution in [2.24, 2.45) is 0 Å². The van der Waals surface area contributed by atoms with Crippen molar-refractivity contribution in [3.63, 3.8) is 0 Å². The second-order valence-electron chi connectivity index (χ2n) is 4.28. The van der Waals surface area contributed by atoms with Crippen LogP contribution in [0.3, 0.4) is 0 Å². The molecule has 92 valence electrons. The molecular weight excluding hydrogens is 224 g/mol. The van der Waals surface area contributed by atoms with Crippen LogP contribution >= 0.6 is 11.6 Å². The van der Waals surface area contributed by atoms with E-state index in [0.717, 1.165) is 24.3 Å². The van der Waals surface area contributed by atoms with Crippen LogP contribution in [0.5, 0.6) is 0 Å². The van der Waals surface area contributed by atoms with E-state index in [1.165, 1.54) is 5.69 Å². The van der Waals surface area contributed by atoms with Gasteiger partial charge in [0, 0.05) is 25.0 Å². The van der Waals surface area contributed by atoms with Crippen molar-refractivity contribution < 1.29 is 4.74 Å². The van der Waals surface area contributed by atoms with Crippen LogP contribution < -0.4 is 0 Å². The Labute approximate surface area is 103 Å². The second kappa shape index (κ2) is 5.69. The zero-order chi connectivity index (χ0) is 12.3. The summed E-state index contributed by atoms with van der Waals surface area (Å²) in [6.07, 6.45) is 0.967. The highest BCUT2D eigenvalue weighted by molar-refractivity contribution is 6.20. The Morgan fingerprint density at radius 3 is 2.44 bits per heavy atom. The standard InChI is InChI=1S/C12H21ClN2O/c1-8(6-7-16-5)15-11(4)12(9(2)13)10(3)14-15/h8-9H,6-7H2,1-5H3. The predicted octanol–water partition coefficient (Wildman–Crippen LogP) is 3.40. The van der Waals surface area contributed by atoms with Gasteiger partial charge in [0.25, 0.3) is 0 Å². The summed E-state index contributed by atoms with van der Waals surface area (Å²) in [5, 5.41) is 4.58. The molecule has 1 aromatic rings. The normalized spacial score (nSPS) is 15.1. The first-order valence-electron chi connectivity index (χ1n) is 5.67. The molecule has 4 heteroatoms. The van der Waals surface area contributed by atoms with Gasteiger partial charge >= 0.3 is 0 Å². The number of aromatic nitrogens is 2. The molecule has 0 fully saturated rings. The van der Waals surface area contributed by atoms with E-state index in [2.05, 4.69) is 23.6 Å². The molecule has 0 aliphatic heterocycles. The van der Waals surface area contributed by atoms with Crippen LogP contribution in [0.2, 0.25) is 0 Å². The first-order valence-corrected chi connectivity index (χ1v) is 6.11. The first-order chi connectivity index (χ1) is 7.49. The molecular formula is C12H21ClN2O. The molecule has 2 atom stereocenters. The molecule has 2 unspecified atom stereocenters. The van der Waals surface area contributed by atoms with Gasteiger partial charge in [-0.1, -0.05) is 0 Å². The Bertz CT molecular complexity index is 347. The highest BCUT2D eigenvalue weighted by atomic mass is 35.5. The van der Waals surface area contributed by atoms with Crippen molar-refractivity contribution in [3.05, 3.63) is 17.0 Å². The number of halogens is 1. The van der Waals surface area contributed by atoms with Crippen molar-refractivity contribution in [1.82, 2.24) is 9.78 Å². The Morgan fingerprint density at radius 1 is 1.38 bits per heavy atom. The second-order valence-corrected chi connectivity index (χ2v) is 4.93. The molecule has 0 spiro atoms. The minimum atomic E-state index is 0.0170. The van der Waals surface area contributed by atoms with Crippen molar-refractivity contribution >= 4 is 11.6 Å². The van der Waals surface area contributed by atoms with E-state index >= 15 is 0 Å². The number of alkyl halides is 1. The van der Waals surface area contributed by atoms with Crippen LogP contribution in [0.4, 0.5) is 0 Å². The van der Waals surface area contributed by atoms with Gasteiger partial charge in [-0.3, -0.25) is 4.68 Å². The third kappa shape index (κ3) is 2.77. The van der Waals surface area contributed by atoms with E-state index in [-0.39, 0.29) is 5.38 Å². The Morgan fingerprint density at radius 2 is 2.00 bits per heavy atom. The van der Waals surface area contributed by atoms with Gasteiger partial charge in [-0.15, -0.1) is 11.6 Å². The zero-order valence-corrected chi connectivity index (χ0v) is 11.5. The highest BCUT2D eigenvalue weighted by Crippen LogP contribution is 2.28. The van der Waals surface area contributed by atoms with E-state index < -0.39 is 0 Å². The average molecular weight is 245 g/mol. The van der Waals surface area contributed by atoms with Crippen molar-refractivity contribution in [2.75, 3.05) is 13.7 Å². The fraction of sp³-hybridized carbons (Fsp3) is 0.750. The number of methoxy groups -OCH3 is 1. The summed E-state index contributed by atoms with van der Waals surface area (Å²) in [6.45, 7) is 8.99. The smallest absolute Gasteiger partial charge is 0.0643 e. The maximum atomic E-state index is 6.16. The Hall–Kier alpha value is -0.540. The summed E-state index contributed by atoms with van der Waals surface area (Å²) in [6, 6.07) is 0.350. The number of nitrogens with zero attached hydrogens (tertiary/aromatic N) is 2. The van der Waals surface area contributed by atoms with E-state index in [4.69, 9.17) is 16.3 Å². The molecule has 0 amide bonds. The fourth-order valence-corrected chi connectivity index (χ4v) is 2.41. The van der Waals surface area contributed by atoms with E-state index in [1.807, 2.05) is 13.8 Å². The number of hydrogen-bond acceptors (Lipinski definition) is 2. The van der Waals surface area contributed by atoms with E-state index in [9.17, 15) is 0 Å². The minimum Gasteiger partial charge on any atom is -0.385 e. The Kier molecular flexibility index (Phi) is 4.81. The summed E-state index contributed by atoms with van der Waals surface area (Å²) in [4.78, 5) is 0. The quantitative estimate of drug-likeness (QED) is 0.743. The number of rotatable bonds is 5. The van der Waals surface area contributed by atoms with Crippen LogP contribution in [0.25, 0.3) is 0 Å². The van der Waals surface area contributed by atoms with Gasteiger partial charge in [0.05, 0.1) is 17.1 Å². The summed E-state index contributed by atoms with van der Waals surface area (Å²) in [5.74, 6) is 0. The number of hydrogen-bond donors (Lipinski definition) is 0. The molecule has 0 aliphatic carbocycles. The van der Waals surface area contributed by atoms with Gasteiger partial charge in [0.2, 0.25) is 0 Å². The van der Waals surface area contributed by atoms with Crippen molar-refractivity contribution in [2.45, 2.75) is 45.5 Å². The molecule has 0 aliphatic rings. The molecule has 0 radical (unpaired) electrons. The van der Waals surface area contributed by atoms with Gasteiger partial charge in [-0.05, 0) is 34.1 Å². The molecule has 0 aromatic carbocycles. The van der Waals surface area contributed by atoms with Crippen molar-refractivity contribution in [3.8, 4) is 0 Å². The molecule has 1 aromatic heterocycles. The monoisotopic (exact) mass is 244 g/mol. The third-order valence-corrected chi connectivity index (χ3v) is 3.15. The Balaban J connectivity index is 2.93. The third-order valence-electron chi connectivity index (χ3n) is 2.94. The molecule has 1 heterocycles. The molecule has 0 bridgehead atoms. The van der Waals surface area contributed by atoms with Gasteiger partial charge in [-0.2, -0.15) is 5.10 Å². The molecule has 16 heavy (non-hydrogen) atoms. The molecule has 3 nitrogen and oxygen atoms in total. The molecule has 1 rings (SSSR count). The van der Waals surface area contributed by atoms with Crippen LogP contribution in [0, 0.1) is 13.8 Å². The highest BCUT2D eigenvalue weighted by Gasteiger charge is 2.18. The summed E-state index contributed by atoms with van der Waals surface area (Å²) < 4.78 is 7.15. The maximum absolute atomic E-state index is 6.16. The average Bonchev–Trinajstić information content (AvgIpc) is 2.50. The zero-order valence-electron chi connectivity index (χ0n) is 10.7. The van der Waals surface area contributed by atoms with Crippen LogP contribution in [0.1, 0.15) is 48.6 Å². The van der Waals surface area contributed by atoms with Crippen LogP contribution in [-0.4, -0.2) is 23.5 Å². The lowest BCUT2D eigenvalue weighted by Crippen LogP contribution is -2.11.